The fourth-order valence-electron chi connectivity index (χ4n) is 3.32. The second-order valence-corrected chi connectivity index (χ2v) is 9.38. The maximum atomic E-state index is 12.9. The van der Waals surface area contributed by atoms with Crippen LogP contribution >= 0.6 is 0 Å². The summed E-state index contributed by atoms with van der Waals surface area (Å²) in [5.74, 6) is 1.52. The molecule has 2 aromatic rings. The first-order valence-corrected chi connectivity index (χ1v) is 10.9. The smallest absolute Gasteiger partial charge is 0.289 e. The molecule has 3 rings (SSSR count). The highest BCUT2D eigenvalue weighted by molar-refractivity contribution is 7.89. The van der Waals surface area contributed by atoms with Crippen molar-refractivity contribution in [2.45, 2.75) is 38.1 Å². The van der Waals surface area contributed by atoms with Gasteiger partial charge in [-0.3, -0.25) is 15.0 Å². The molecule has 11 heteroatoms. The lowest BCUT2D eigenvalue weighted by Crippen LogP contribution is -2.49. The third-order valence-corrected chi connectivity index (χ3v) is 6.87. The molecule has 2 heterocycles. The Bertz CT molecular complexity index is 967. The van der Waals surface area contributed by atoms with Gasteiger partial charge in [-0.25, -0.2) is 8.42 Å². The van der Waals surface area contributed by atoms with Gasteiger partial charge in [0.2, 0.25) is 21.8 Å². The first-order valence-electron chi connectivity index (χ1n) is 9.50. The van der Waals surface area contributed by atoms with Gasteiger partial charge in [-0.05, 0) is 18.9 Å². The lowest BCUT2D eigenvalue weighted by Gasteiger charge is -2.36. The summed E-state index contributed by atoms with van der Waals surface area (Å²) in [5.41, 5.74) is -0.410. The van der Waals surface area contributed by atoms with Gasteiger partial charge >= 0.3 is 0 Å². The number of aromatic nitrogens is 2. The topological polar surface area (TPSA) is 123 Å². The zero-order valence-electron chi connectivity index (χ0n) is 16.7. The largest absolute Gasteiger partial charge is 0.424 e. The van der Waals surface area contributed by atoms with Crippen molar-refractivity contribution in [3.05, 3.63) is 46.2 Å². The van der Waals surface area contributed by atoms with E-state index in [0.29, 0.717) is 37.2 Å². The Morgan fingerprint density at radius 1 is 1.14 bits per heavy atom. The third-order valence-electron chi connectivity index (χ3n) is 4.92. The van der Waals surface area contributed by atoms with Crippen LogP contribution in [0, 0.1) is 16.0 Å². The van der Waals surface area contributed by atoms with Gasteiger partial charge < -0.3 is 4.42 Å². The van der Waals surface area contributed by atoms with E-state index in [1.807, 2.05) is 6.92 Å². The summed E-state index contributed by atoms with van der Waals surface area (Å²) in [4.78, 5) is 12.3. The molecule has 0 aliphatic carbocycles. The maximum absolute atomic E-state index is 12.9. The molecule has 0 saturated carbocycles. The minimum Gasteiger partial charge on any atom is -0.424 e. The molecule has 1 aliphatic rings. The van der Waals surface area contributed by atoms with Crippen LogP contribution in [-0.2, 0) is 16.4 Å². The standard InChI is InChI=1S/C18H25N5O5S/c1-13(2)12-17-19-20-18(28-17)14(3)21-8-10-22(11-9-21)29(26,27)16-7-5-4-6-15(16)23(24)25/h4-7,13-14H,8-12H2,1-3H3. The van der Waals surface area contributed by atoms with Gasteiger partial charge in [0.05, 0.1) is 11.0 Å². The Balaban J connectivity index is 1.68. The highest BCUT2D eigenvalue weighted by Crippen LogP contribution is 2.28. The molecule has 0 bridgehead atoms. The van der Waals surface area contributed by atoms with Gasteiger partial charge in [0.25, 0.3) is 5.69 Å². The number of hydrogen-bond donors (Lipinski definition) is 0. The van der Waals surface area contributed by atoms with Crippen LogP contribution in [0.15, 0.2) is 33.6 Å². The normalized spacial score (nSPS) is 17.5. The van der Waals surface area contributed by atoms with E-state index >= 15 is 0 Å². The number of nitrogens with zero attached hydrogens (tertiary/aromatic N) is 5. The van der Waals surface area contributed by atoms with Crippen LogP contribution in [0.2, 0.25) is 0 Å². The van der Waals surface area contributed by atoms with Crippen LogP contribution in [0.5, 0.6) is 0 Å². The first kappa shape index (κ1) is 21.3. The second kappa shape index (κ2) is 8.56. The van der Waals surface area contributed by atoms with Crippen LogP contribution in [0.3, 0.4) is 0 Å². The molecule has 0 radical (unpaired) electrons. The Kier molecular flexibility index (Phi) is 6.30. The average molecular weight is 423 g/mol. The number of nitro groups is 1. The van der Waals surface area contributed by atoms with E-state index in [-0.39, 0.29) is 24.0 Å². The highest BCUT2D eigenvalue weighted by Gasteiger charge is 2.35. The van der Waals surface area contributed by atoms with Crippen molar-refractivity contribution < 1.29 is 17.8 Å². The van der Waals surface area contributed by atoms with Gasteiger partial charge in [-0.1, -0.05) is 26.0 Å². The molecule has 29 heavy (non-hydrogen) atoms. The van der Waals surface area contributed by atoms with Gasteiger partial charge in [0.1, 0.15) is 0 Å². The average Bonchev–Trinajstić information content (AvgIpc) is 3.15. The van der Waals surface area contributed by atoms with Gasteiger partial charge in [-0.2, -0.15) is 4.31 Å². The van der Waals surface area contributed by atoms with E-state index in [4.69, 9.17) is 4.42 Å². The molecule has 10 nitrogen and oxygen atoms in total. The fraction of sp³-hybridized carbons (Fsp3) is 0.556. The first-order chi connectivity index (χ1) is 13.7. The van der Waals surface area contributed by atoms with Gasteiger partial charge in [0.15, 0.2) is 4.90 Å². The SMILES string of the molecule is CC(C)Cc1nnc(C(C)N2CCN(S(=O)(=O)c3ccccc3[N+](=O)[O-])CC2)o1. The van der Waals surface area contributed by atoms with Crippen molar-refractivity contribution in [3.8, 4) is 0 Å². The number of nitro benzene ring substituents is 1. The number of sulfonamides is 1. The minimum atomic E-state index is -3.95. The predicted molar refractivity (Wildman–Crippen MR) is 105 cm³/mol. The monoisotopic (exact) mass is 423 g/mol. The molecule has 0 amide bonds. The van der Waals surface area contributed by atoms with Crippen molar-refractivity contribution in [1.29, 1.82) is 0 Å². The number of para-hydroxylation sites is 1. The van der Waals surface area contributed by atoms with Crippen molar-refractivity contribution in [2.24, 2.45) is 5.92 Å². The molecule has 1 aromatic heterocycles. The zero-order valence-corrected chi connectivity index (χ0v) is 17.5. The Labute approximate surface area is 169 Å². The van der Waals surface area contributed by atoms with Crippen molar-refractivity contribution >= 4 is 15.7 Å². The third kappa shape index (κ3) is 4.62. The van der Waals surface area contributed by atoms with Crippen molar-refractivity contribution in [3.63, 3.8) is 0 Å². The molecule has 1 fully saturated rings. The van der Waals surface area contributed by atoms with E-state index in [0.717, 1.165) is 0 Å². The highest BCUT2D eigenvalue weighted by atomic mass is 32.2. The molecular weight excluding hydrogens is 398 g/mol. The van der Waals surface area contributed by atoms with E-state index < -0.39 is 20.6 Å². The summed E-state index contributed by atoms with van der Waals surface area (Å²) in [7, 11) is -3.95. The van der Waals surface area contributed by atoms with E-state index in [9.17, 15) is 18.5 Å². The van der Waals surface area contributed by atoms with Gasteiger partial charge in [-0.15, -0.1) is 10.2 Å². The summed E-state index contributed by atoms with van der Waals surface area (Å²) in [6, 6.07) is 5.28. The summed E-state index contributed by atoms with van der Waals surface area (Å²) in [5, 5.41) is 19.4. The lowest BCUT2D eigenvalue weighted by molar-refractivity contribution is -0.387. The quantitative estimate of drug-likeness (QED) is 0.491. The van der Waals surface area contributed by atoms with E-state index in [1.165, 1.54) is 28.6 Å². The fourth-order valence-corrected chi connectivity index (χ4v) is 4.90. The Morgan fingerprint density at radius 2 is 1.79 bits per heavy atom. The lowest BCUT2D eigenvalue weighted by atomic mass is 10.1. The van der Waals surface area contributed by atoms with Crippen molar-refractivity contribution in [1.82, 2.24) is 19.4 Å². The zero-order chi connectivity index (χ0) is 21.2. The maximum Gasteiger partial charge on any atom is 0.289 e. The summed E-state index contributed by atoms with van der Waals surface area (Å²) < 4.78 is 32.9. The van der Waals surface area contributed by atoms with E-state index in [2.05, 4.69) is 28.9 Å². The summed E-state index contributed by atoms with van der Waals surface area (Å²) >= 11 is 0. The molecular formula is C18H25N5O5S. The van der Waals surface area contributed by atoms with Gasteiger partial charge in [0, 0.05) is 38.7 Å². The summed E-state index contributed by atoms with van der Waals surface area (Å²) in [6.45, 7) is 7.47. The number of piperazine rings is 1. The van der Waals surface area contributed by atoms with Crippen LogP contribution < -0.4 is 0 Å². The minimum absolute atomic E-state index is 0.140. The molecule has 1 saturated heterocycles. The Morgan fingerprint density at radius 3 is 2.41 bits per heavy atom. The van der Waals surface area contributed by atoms with E-state index in [1.54, 1.807) is 0 Å². The van der Waals surface area contributed by atoms with Crippen LogP contribution in [-0.4, -0.2) is 58.9 Å². The van der Waals surface area contributed by atoms with Crippen molar-refractivity contribution in [2.75, 3.05) is 26.2 Å². The molecule has 1 aliphatic heterocycles. The number of benzene rings is 1. The molecule has 1 atom stereocenters. The van der Waals surface area contributed by atoms with Crippen LogP contribution in [0.4, 0.5) is 5.69 Å². The van der Waals surface area contributed by atoms with Crippen LogP contribution in [0.1, 0.15) is 38.6 Å². The second-order valence-electron chi connectivity index (χ2n) is 7.47. The Hall–Kier alpha value is -2.37. The number of rotatable bonds is 7. The molecule has 158 valence electrons. The predicted octanol–water partition coefficient (Wildman–Crippen LogP) is 2.24. The molecule has 0 spiro atoms. The molecule has 1 unspecified atom stereocenters. The molecule has 0 N–H and O–H groups in total. The summed E-state index contributed by atoms with van der Waals surface area (Å²) in [6.07, 6.45) is 0.710. The van der Waals surface area contributed by atoms with Crippen LogP contribution in [0.25, 0.3) is 0 Å². The number of hydrogen-bond acceptors (Lipinski definition) is 8. The molecule has 1 aromatic carbocycles.